The minimum absolute atomic E-state index is 0.229. The van der Waals surface area contributed by atoms with Gasteiger partial charge in [-0.15, -0.1) is 0 Å². The maximum Gasteiger partial charge on any atom is 0.245 e. The van der Waals surface area contributed by atoms with E-state index >= 15 is 0 Å². The van der Waals surface area contributed by atoms with E-state index in [9.17, 15) is 8.42 Å². The lowest BCUT2D eigenvalue weighted by molar-refractivity contribution is 0.181. The summed E-state index contributed by atoms with van der Waals surface area (Å²) >= 11 is 7.14. The molecule has 1 aliphatic heterocycles. The van der Waals surface area contributed by atoms with E-state index in [1.54, 1.807) is 24.4 Å². The standard InChI is InChI=1S/C16H16ClN5O2S2/c17-16-12(3-2-6-18-16)11-21-7-9-22(10-8-21)26(23,24)14-5-1-4-13-15(14)20-25-19-13/h1-6H,7-11H2. The minimum Gasteiger partial charge on any atom is -0.296 e. The van der Waals surface area contributed by atoms with Crippen LogP contribution in [-0.2, 0) is 16.6 Å². The lowest BCUT2D eigenvalue weighted by Crippen LogP contribution is -2.48. The molecular weight excluding hydrogens is 394 g/mol. The average Bonchev–Trinajstić information content (AvgIpc) is 3.13. The molecular formula is C16H16ClN5O2S2. The van der Waals surface area contributed by atoms with Crippen molar-refractivity contribution in [2.75, 3.05) is 26.2 Å². The monoisotopic (exact) mass is 409 g/mol. The Morgan fingerprint density at radius 1 is 1.08 bits per heavy atom. The lowest BCUT2D eigenvalue weighted by atomic mass is 10.2. The minimum atomic E-state index is -3.59. The van der Waals surface area contributed by atoms with Crippen LogP contribution >= 0.6 is 23.3 Å². The van der Waals surface area contributed by atoms with Gasteiger partial charge in [-0.25, -0.2) is 13.4 Å². The number of hydrogen-bond donors (Lipinski definition) is 0. The van der Waals surface area contributed by atoms with Crippen molar-refractivity contribution in [3.8, 4) is 0 Å². The highest BCUT2D eigenvalue weighted by molar-refractivity contribution is 7.89. The van der Waals surface area contributed by atoms with Crippen LogP contribution in [0.4, 0.5) is 0 Å². The third kappa shape index (κ3) is 3.33. The van der Waals surface area contributed by atoms with Crippen molar-refractivity contribution in [2.24, 2.45) is 0 Å². The van der Waals surface area contributed by atoms with Crippen LogP contribution in [0.2, 0.25) is 5.15 Å². The van der Waals surface area contributed by atoms with Gasteiger partial charge in [0.05, 0.1) is 11.7 Å². The molecule has 0 N–H and O–H groups in total. The Kier molecular flexibility index (Phi) is 4.89. The third-order valence-electron chi connectivity index (χ3n) is 4.43. The molecule has 7 nitrogen and oxygen atoms in total. The van der Waals surface area contributed by atoms with Gasteiger partial charge in [0, 0.05) is 44.5 Å². The van der Waals surface area contributed by atoms with Crippen molar-refractivity contribution in [2.45, 2.75) is 11.4 Å². The van der Waals surface area contributed by atoms with Crippen molar-refractivity contribution >= 4 is 44.4 Å². The number of aromatic nitrogens is 3. The van der Waals surface area contributed by atoms with Gasteiger partial charge in [-0.05, 0) is 18.2 Å². The Morgan fingerprint density at radius 3 is 2.65 bits per heavy atom. The van der Waals surface area contributed by atoms with Gasteiger partial charge in [0.25, 0.3) is 0 Å². The predicted octanol–water partition coefficient (Wildman–Crippen LogP) is 2.25. The average molecular weight is 410 g/mol. The number of benzene rings is 1. The van der Waals surface area contributed by atoms with Gasteiger partial charge < -0.3 is 0 Å². The normalized spacial score (nSPS) is 17.0. The number of halogens is 1. The van der Waals surface area contributed by atoms with Crippen LogP contribution in [0.15, 0.2) is 41.4 Å². The van der Waals surface area contributed by atoms with Gasteiger partial charge in [-0.3, -0.25) is 4.90 Å². The molecule has 1 saturated heterocycles. The summed E-state index contributed by atoms with van der Waals surface area (Å²) in [5.74, 6) is 0. The summed E-state index contributed by atoms with van der Waals surface area (Å²) < 4.78 is 35.9. The highest BCUT2D eigenvalue weighted by atomic mass is 35.5. The maximum atomic E-state index is 13.0. The van der Waals surface area contributed by atoms with Gasteiger partial charge in [-0.2, -0.15) is 13.1 Å². The maximum absolute atomic E-state index is 13.0. The topological polar surface area (TPSA) is 79.3 Å². The molecule has 3 heterocycles. The van der Waals surface area contributed by atoms with Crippen molar-refractivity contribution in [1.29, 1.82) is 0 Å². The number of nitrogens with zero attached hydrogens (tertiary/aromatic N) is 5. The highest BCUT2D eigenvalue weighted by Gasteiger charge is 2.30. The Hall–Kier alpha value is -1.65. The van der Waals surface area contributed by atoms with E-state index in [4.69, 9.17) is 11.6 Å². The van der Waals surface area contributed by atoms with Crippen molar-refractivity contribution < 1.29 is 8.42 Å². The molecule has 26 heavy (non-hydrogen) atoms. The molecule has 3 aromatic rings. The summed E-state index contributed by atoms with van der Waals surface area (Å²) in [5.41, 5.74) is 2.01. The largest absolute Gasteiger partial charge is 0.296 e. The third-order valence-corrected chi connectivity index (χ3v) is 7.24. The smallest absolute Gasteiger partial charge is 0.245 e. The molecule has 0 spiro atoms. The molecule has 0 amide bonds. The molecule has 0 bridgehead atoms. The quantitative estimate of drug-likeness (QED) is 0.615. The first-order valence-electron chi connectivity index (χ1n) is 8.09. The number of pyridine rings is 1. The number of fused-ring (bicyclic) bond motifs is 1. The van der Waals surface area contributed by atoms with E-state index < -0.39 is 10.0 Å². The van der Waals surface area contributed by atoms with Crippen LogP contribution in [0, 0.1) is 0 Å². The first kappa shape index (κ1) is 17.7. The summed E-state index contributed by atoms with van der Waals surface area (Å²) in [6, 6.07) is 8.87. The molecule has 0 saturated carbocycles. The van der Waals surface area contributed by atoms with Gasteiger partial charge in [0.1, 0.15) is 21.1 Å². The number of piperazine rings is 1. The Morgan fingerprint density at radius 2 is 1.88 bits per heavy atom. The molecule has 1 fully saturated rings. The molecule has 0 radical (unpaired) electrons. The van der Waals surface area contributed by atoms with Crippen LogP contribution in [-0.4, -0.2) is 57.5 Å². The number of sulfonamides is 1. The van der Waals surface area contributed by atoms with Gasteiger partial charge in [-0.1, -0.05) is 23.7 Å². The van der Waals surface area contributed by atoms with Crippen LogP contribution in [0.25, 0.3) is 11.0 Å². The highest BCUT2D eigenvalue weighted by Crippen LogP contribution is 2.25. The zero-order chi connectivity index (χ0) is 18.1. The van der Waals surface area contributed by atoms with Crippen LogP contribution in [0.3, 0.4) is 0 Å². The molecule has 1 aliphatic rings. The van der Waals surface area contributed by atoms with E-state index in [0.29, 0.717) is 48.9 Å². The summed E-state index contributed by atoms with van der Waals surface area (Å²) in [5, 5.41) is 0.491. The first-order chi connectivity index (χ1) is 12.6. The van der Waals surface area contributed by atoms with E-state index in [1.165, 1.54) is 4.31 Å². The summed E-state index contributed by atoms with van der Waals surface area (Å²) in [6.45, 7) is 2.78. The fourth-order valence-electron chi connectivity index (χ4n) is 3.03. The molecule has 136 valence electrons. The molecule has 0 aliphatic carbocycles. The zero-order valence-corrected chi connectivity index (χ0v) is 16.1. The predicted molar refractivity (Wildman–Crippen MR) is 101 cm³/mol. The Labute approximate surface area is 160 Å². The number of rotatable bonds is 4. The molecule has 4 rings (SSSR count). The number of hydrogen-bond acceptors (Lipinski definition) is 7. The second-order valence-corrected chi connectivity index (χ2v) is 8.81. The molecule has 0 atom stereocenters. The Balaban J connectivity index is 1.49. The van der Waals surface area contributed by atoms with Crippen LogP contribution < -0.4 is 0 Å². The first-order valence-corrected chi connectivity index (χ1v) is 10.6. The molecule has 1 aromatic carbocycles. The van der Waals surface area contributed by atoms with Gasteiger partial charge in [0.2, 0.25) is 10.0 Å². The van der Waals surface area contributed by atoms with E-state index in [2.05, 4.69) is 18.6 Å². The fraction of sp³-hybridized carbons (Fsp3) is 0.312. The van der Waals surface area contributed by atoms with E-state index in [-0.39, 0.29) is 4.90 Å². The van der Waals surface area contributed by atoms with Gasteiger partial charge in [0.15, 0.2) is 0 Å². The SMILES string of the molecule is O=S(=O)(c1cccc2nsnc12)N1CCN(Cc2cccnc2Cl)CC1. The van der Waals surface area contributed by atoms with Crippen LogP contribution in [0.1, 0.15) is 5.56 Å². The van der Waals surface area contributed by atoms with Crippen molar-refractivity contribution in [3.05, 3.63) is 47.2 Å². The van der Waals surface area contributed by atoms with Crippen LogP contribution in [0.5, 0.6) is 0 Å². The summed E-state index contributed by atoms with van der Waals surface area (Å²) in [7, 11) is -3.59. The zero-order valence-electron chi connectivity index (χ0n) is 13.7. The lowest BCUT2D eigenvalue weighted by Gasteiger charge is -2.34. The van der Waals surface area contributed by atoms with Gasteiger partial charge >= 0.3 is 0 Å². The fourth-order valence-corrected chi connectivity index (χ4v) is 5.39. The Bertz CT molecular complexity index is 1030. The summed E-state index contributed by atoms with van der Waals surface area (Å²) in [4.78, 5) is 6.49. The van der Waals surface area contributed by atoms with E-state index in [1.807, 2.05) is 12.1 Å². The molecule has 0 unspecified atom stereocenters. The van der Waals surface area contributed by atoms with E-state index in [0.717, 1.165) is 17.3 Å². The molecule has 10 heteroatoms. The van der Waals surface area contributed by atoms with Crippen molar-refractivity contribution in [1.82, 2.24) is 22.9 Å². The second-order valence-electron chi connectivity index (χ2n) is 6.02. The summed E-state index contributed by atoms with van der Waals surface area (Å²) in [6.07, 6.45) is 1.66. The molecule has 2 aromatic heterocycles. The van der Waals surface area contributed by atoms with Crippen molar-refractivity contribution in [3.63, 3.8) is 0 Å². The second kappa shape index (κ2) is 7.16.